The fourth-order valence-electron chi connectivity index (χ4n) is 1.97. The van der Waals surface area contributed by atoms with E-state index in [9.17, 15) is 52.7 Å². The van der Waals surface area contributed by atoms with Gasteiger partial charge in [0, 0.05) is 49.5 Å². The van der Waals surface area contributed by atoms with Crippen molar-refractivity contribution in [2.24, 2.45) is 0 Å². The molecule has 0 saturated carbocycles. The predicted octanol–water partition coefficient (Wildman–Crippen LogP) is 7.05. The molecule has 16 heteroatoms. The summed E-state index contributed by atoms with van der Waals surface area (Å²) in [5.41, 5.74) is 0. The van der Waals surface area contributed by atoms with Gasteiger partial charge in [0.2, 0.25) is 0 Å². The number of alkyl halides is 12. The van der Waals surface area contributed by atoms with Crippen molar-refractivity contribution >= 4 is 36.6 Å². The highest BCUT2D eigenvalue weighted by Gasteiger charge is 2.89. The van der Waals surface area contributed by atoms with Crippen LogP contribution in [0.5, 0.6) is 0 Å². The maximum absolute atomic E-state index is 13.5. The first-order chi connectivity index (χ1) is 14.8. The van der Waals surface area contributed by atoms with Crippen molar-refractivity contribution in [1.29, 1.82) is 0 Å². The normalized spacial score (nSPS) is 14.6. The topological polar surface area (TPSA) is 0 Å². The molecule has 0 radical (unpaired) electrons. The number of halogens is 12. The van der Waals surface area contributed by atoms with Crippen LogP contribution in [-0.2, 0) is 0 Å². The first-order valence-corrected chi connectivity index (χ1v) is 22.9. The Hall–Kier alpha value is 0.0275. The third kappa shape index (κ3) is 10.2. The van der Waals surface area contributed by atoms with Crippen LogP contribution in [0.2, 0.25) is 64.5 Å². The Kier molecular flexibility index (Phi) is 16.7. The molecule has 0 nitrogen and oxygen atoms in total. The molecule has 0 aromatic rings. The second-order valence-corrected chi connectivity index (χ2v) is 19.7. The highest BCUT2D eigenvalue weighted by atomic mass is 28.3. The number of hydrogen-bond acceptors (Lipinski definition) is 0. The average molecular weight is 595 g/mol. The Balaban J connectivity index is -0.00000103. The van der Waals surface area contributed by atoms with Gasteiger partial charge in [0.15, 0.2) is 0 Å². The zero-order valence-corrected chi connectivity index (χ0v) is 26.1. The molecule has 0 rings (SSSR count). The summed E-state index contributed by atoms with van der Waals surface area (Å²) in [6, 6.07) is -1.34. The second kappa shape index (κ2) is 14.7. The number of rotatable bonds is 11. The quantitative estimate of drug-likeness (QED) is 0.178. The van der Waals surface area contributed by atoms with Crippen molar-refractivity contribution in [1.82, 2.24) is 0 Å². The standard InChI is InChI=1S/C12H18F12Si2.2C3H10Si/c1-25-5-3-7(13,14)9(17,18)11(21,22)12(23,24)10(19,20)8(15,16)4-6-26-2;2*1-4(2)3/h3-6,25-26H2,1-2H3;2*4H,1-3H3. The van der Waals surface area contributed by atoms with E-state index >= 15 is 0 Å². The van der Waals surface area contributed by atoms with Crippen LogP contribution in [0.1, 0.15) is 12.8 Å². The van der Waals surface area contributed by atoms with Gasteiger partial charge >= 0.3 is 35.5 Å². The molecular formula is C18H38F12Si4. The monoisotopic (exact) mass is 594 g/mol. The van der Waals surface area contributed by atoms with Gasteiger partial charge in [-0.2, -0.15) is 52.7 Å². The molecule has 0 N–H and O–H groups in total. The Morgan fingerprint density at radius 1 is 0.441 bits per heavy atom. The van der Waals surface area contributed by atoms with E-state index in [-0.39, 0.29) is 17.6 Å². The minimum absolute atomic E-state index is 0.139. The Bertz CT molecular complexity index is 502. The molecule has 0 saturated heterocycles. The van der Waals surface area contributed by atoms with E-state index in [2.05, 4.69) is 39.3 Å². The summed E-state index contributed by atoms with van der Waals surface area (Å²) in [6.45, 7) is 16.5. The zero-order chi connectivity index (χ0) is 28.4. The molecule has 34 heavy (non-hydrogen) atoms. The summed E-state index contributed by atoms with van der Waals surface area (Å²) in [5.74, 6) is -40.3. The molecule has 0 atom stereocenters. The molecule has 0 bridgehead atoms. The lowest BCUT2D eigenvalue weighted by atomic mass is 9.90. The molecule has 0 aromatic carbocycles. The molecule has 0 fully saturated rings. The lowest BCUT2D eigenvalue weighted by Crippen LogP contribution is -2.70. The van der Waals surface area contributed by atoms with Gasteiger partial charge in [-0.25, -0.2) is 0 Å². The van der Waals surface area contributed by atoms with Gasteiger partial charge in [0.25, 0.3) is 0 Å². The summed E-state index contributed by atoms with van der Waals surface area (Å²) in [7, 11) is -3.02. The Labute approximate surface area is 202 Å². The Morgan fingerprint density at radius 3 is 0.765 bits per heavy atom. The third-order valence-corrected chi connectivity index (χ3v) is 5.91. The van der Waals surface area contributed by atoms with E-state index in [0.717, 1.165) is 0 Å². The largest absolute Gasteiger partial charge is 0.384 e. The third-order valence-electron chi connectivity index (χ3n) is 3.79. The van der Waals surface area contributed by atoms with Crippen LogP contribution in [0.25, 0.3) is 0 Å². The highest BCUT2D eigenvalue weighted by molar-refractivity contribution is 6.54. The lowest BCUT2D eigenvalue weighted by molar-refractivity contribution is -0.425. The molecule has 0 aliphatic rings. The lowest BCUT2D eigenvalue weighted by Gasteiger charge is -2.41. The van der Waals surface area contributed by atoms with Crippen LogP contribution >= 0.6 is 0 Å². The molecule has 0 aliphatic carbocycles. The van der Waals surface area contributed by atoms with E-state index in [1.54, 1.807) is 0 Å². The molecule has 0 aliphatic heterocycles. The van der Waals surface area contributed by atoms with Crippen LogP contribution in [-0.4, -0.2) is 72.2 Å². The van der Waals surface area contributed by atoms with Crippen molar-refractivity contribution in [3.05, 3.63) is 0 Å². The predicted molar refractivity (Wildman–Crippen MR) is 127 cm³/mol. The first-order valence-electron chi connectivity index (χ1n) is 11.1. The van der Waals surface area contributed by atoms with Crippen LogP contribution < -0.4 is 0 Å². The van der Waals surface area contributed by atoms with E-state index in [1.165, 1.54) is 13.1 Å². The molecule has 0 aromatic heterocycles. The van der Waals surface area contributed by atoms with Gasteiger partial charge in [0.1, 0.15) is 0 Å². The summed E-state index contributed by atoms with van der Waals surface area (Å²) in [4.78, 5) is 0. The fourth-order valence-corrected chi connectivity index (χ4v) is 3.56. The van der Waals surface area contributed by atoms with Crippen molar-refractivity contribution in [3.63, 3.8) is 0 Å². The van der Waals surface area contributed by atoms with Crippen LogP contribution in [0.4, 0.5) is 52.7 Å². The van der Waals surface area contributed by atoms with E-state index in [0.29, 0.717) is 0 Å². The maximum Gasteiger partial charge on any atom is 0.384 e. The Morgan fingerprint density at radius 2 is 0.618 bits per heavy atom. The van der Waals surface area contributed by atoms with Crippen molar-refractivity contribution in [2.45, 2.75) is 113 Å². The van der Waals surface area contributed by atoms with Gasteiger partial charge in [-0.3, -0.25) is 0 Å². The average Bonchev–Trinajstić information content (AvgIpc) is 2.63. The van der Waals surface area contributed by atoms with Gasteiger partial charge in [-0.1, -0.05) is 64.5 Å². The summed E-state index contributed by atoms with van der Waals surface area (Å²) >= 11 is 0. The van der Waals surface area contributed by atoms with Crippen LogP contribution in [0.3, 0.4) is 0 Å². The van der Waals surface area contributed by atoms with Gasteiger partial charge in [-0.15, -0.1) is 0 Å². The van der Waals surface area contributed by atoms with E-state index < -0.39 is 79.5 Å². The summed E-state index contributed by atoms with van der Waals surface area (Å²) < 4.78 is 161. The van der Waals surface area contributed by atoms with Gasteiger partial charge in [0.05, 0.1) is 0 Å². The zero-order valence-electron chi connectivity index (χ0n) is 20.9. The molecule has 0 spiro atoms. The molecule has 210 valence electrons. The van der Waals surface area contributed by atoms with Gasteiger partial charge < -0.3 is 0 Å². The minimum atomic E-state index is -7.41. The highest BCUT2D eigenvalue weighted by Crippen LogP contribution is 2.61. The first kappa shape index (κ1) is 38.6. The maximum atomic E-state index is 13.5. The molecule has 0 amide bonds. The second-order valence-electron chi connectivity index (χ2n) is 9.38. The van der Waals surface area contributed by atoms with E-state index in [4.69, 9.17) is 0 Å². The SMILES string of the molecule is C[SiH2]CCC(F)(F)C(F)(F)C(F)(F)C(F)(F)C(F)(F)C(F)(F)CC[SiH2]C.C[SiH](C)C.C[SiH](C)C. The minimum Gasteiger partial charge on any atom is -0.200 e. The molecular weight excluding hydrogens is 557 g/mol. The molecule has 0 heterocycles. The number of hydrogen-bond donors (Lipinski definition) is 0. The van der Waals surface area contributed by atoms with Crippen LogP contribution in [0.15, 0.2) is 0 Å². The van der Waals surface area contributed by atoms with Crippen molar-refractivity contribution in [2.75, 3.05) is 0 Å². The van der Waals surface area contributed by atoms with Crippen molar-refractivity contribution < 1.29 is 52.7 Å². The van der Waals surface area contributed by atoms with Crippen molar-refractivity contribution in [3.8, 4) is 0 Å². The molecule has 0 unspecified atom stereocenters. The van der Waals surface area contributed by atoms with Crippen LogP contribution in [0, 0.1) is 0 Å². The van der Waals surface area contributed by atoms with E-state index in [1.807, 2.05) is 0 Å². The fraction of sp³-hybridized carbons (Fsp3) is 1.00. The summed E-state index contributed by atoms with van der Waals surface area (Å²) in [6.07, 6.45) is -3.89. The van der Waals surface area contributed by atoms with Gasteiger partial charge in [-0.05, 0) is 0 Å². The summed E-state index contributed by atoms with van der Waals surface area (Å²) in [5, 5.41) is 0. The smallest absolute Gasteiger partial charge is 0.200 e.